The molecule has 0 unspecified atom stereocenters. The van der Waals surface area contributed by atoms with Crippen LogP contribution in [-0.4, -0.2) is 40.4 Å². The lowest BCUT2D eigenvalue weighted by atomic mass is 10.0. The summed E-state index contributed by atoms with van der Waals surface area (Å²) in [7, 11) is 0. The average molecular weight is 323 g/mol. The summed E-state index contributed by atoms with van der Waals surface area (Å²) in [6.45, 7) is 8.88. The molecule has 0 aliphatic carbocycles. The van der Waals surface area contributed by atoms with Gasteiger partial charge in [-0.25, -0.2) is 9.64 Å². The van der Waals surface area contributed by atoms with Crippen molar-refractivity contribution in [3.63, 3.8) is 0 Å². The van der Waals surface area contributed by atoms with Gasteiger partial charge in [0.2, 0.25) is 5.69 Å². The molecule has 2 aromatic rings. The number of hydrogen-bond acceptors (Lipinski definition) is 4. The molecule has 24 heavy (non-hydrogen) atoms. The number of benzene rings is 1. The van der Waals surface area contributed by atoms with Crippen molar-refractivity contribution in [1.82, 2.24) is 4.98 Å². The molecule has 0 atom stereocenters. The Kier molecular flexibility index (Phi) is 4.45. The summed E-state index contributed by atoms with van der Waals surface area (Å²) in [5.74, 6) is -1.01. The van der Waals surface area contributed by atoms with E-state index >= 15 is 0 Å². The Labute approximate surface area is 139 Å². The van der Waals surface area contributed by atoms with Crippen LogP contribution >= 0.6 is 0 Å². The van der Waals surface area contributed by atoms with E-state index in [4.69, 9.17) is 11.7 Å². The molecule has 122 valence electrons. The quantitative estimate of drug-likeness (QED) is 0.849. The molecule has 2 N–H and O–H groups in total. The minimum Gasteiger partial charge on any atom is -0.478 e. The van der Waals surface area contributed by atoms with E-state index in [1.807, 2.05) is 12.1 Å². The van der Waals surface area contributed by atoms with Crippen molar-refractivity contribution in [2.75, 3.05) is 18.0 Å². The van der Waals surface area contributed by atoms with Crippen molar-refractivity contribution in [1.29, 1.82) is 0 Å². The molecule has 1 aromatic heterocycles. The number of anilines is 1. The highest BCUT2D eigenvalue weighted by Gasteiger charge is 2.20. The summed E-state index contributed by atoms with van der Waals surface area (Å²) in [5.41, 5.74) is 2.75. The molecule has 1 fully saturated rings. The molecule has 0 radical (unpaired) electrons. The largest absolute Gasteiger partial charge is 0.478 e. The van der Waals surface area contributed by atoms with Crippen LogP contribution in [0.2, 0.25) is 0 Å². The molecule has 0 bridgehead atoms. The summed E-state index contributed by atoms with van der Waals surface area (Å²) >= 11 is 0. The van der Waals surface area contributed by atoms with Gasteiger partial charge in [0.05, 0.1) is 23.9 Å². The first-order valence-electron chi connectivity index (χ1n) is 7.72. The summed E-state index contributed by atoms with van der Waals surface area (Å²) in [4.78, 5) is 21.0. The molecule has 3 rings (SSSR count). The predicted octanol–water partition coefficient (Wildman–Crippen LogP) is 2.96. The standard InChI is InChI=1S/C18H17N3O3/c1-19-16-10-12(15-11-13(18(23)24)4-7-20-15)2-3-17(16)21-8-5-14(22)6-9-21/h2-4,7,10-11,14,22H,5-6,8-9H2,(H,23,24). The summed E-state index contributed by atoms with van der Waals surface area (Å²) < 4.78 is 0. The monoisotopic (exact) mass is 323 g/mol. The van der Waals surface area contributed by atoms with Crippen LogP contribution in [0, 0.1) is 6.57 Å². The van der Waals surface area contributed by atoms with Crippen LogP contribution in [0.15, 0.2) is 36.5 Å². The van der Waals surface area contributed by atoms with Gasteiger partial charge >= 0.3 is 5.97 Å². The maximum atomic E-state index is 11.1. The summed E-state index contributed by atoms with van der Waals surface area (Å²) in [6.07, 6.45) is 2.58. The van der Waals surface area contributed by atoms with Crippen LogP contribution in [-0.2, 0) is 0 Å². The van der Waals surface area contributed by atoms with E-state index in [1.165, 1.54) is 18.3 Å². The van der Waals surface area contributed by atoms with Crippen LogP contribution in [0.25, 0.3) is 16.1 Å². The number of piperidine rings is 1. The average Bonchev–Trinajstić information content (AvgIpc) is 2.62. The first-order valence-corrected chi connectivity index (χ1v) is 7.72. The second kappa shape index (κ2) is 6.69. The highest BCUT2D eigenvalue weighted by molar-refractivity contribution is 5.89. The SMILES string of the molecule is [C-]#[N+]c1cc(-c2cc(C(=O)O)ccn2)ccc1N1CCC(O)CC1. The molecule has 2 heterocycles. The zero-order chi connectivity index (χ0) is 17.1. The third kappa shape index (κ3) is 3.21. The molecule has 6 heteroatoms. The fourth-order valence-electron chi connectivity index (χ4n) is 2.87. The first kappa shape index (κ1) is 16.0. The number of carboxylic acid groups (broad SMARTS) is 1. The van der Waals surface area contributed by atoms with Gasteiger partial charge < -0.3 is 15.1 Å². The summed E-state index contributed by atoms with van der Waals surface area (Å²) in [5, 5.41) is 18.7. The van der Waals surface area contributed by atoms with Crippen molar-refractivity contribution in [2.45, 2.75) is 18.9 Å². The normalized spacial score (nSPS) is 15.1. The third-order valence-electron chi connectivity index (χ3n) is 4.20. The number of nitrogens with zero attached hydrogens (tertiary/aromatic N) is 3. The van der Waals surface area contributed by atoms with Gasteiger partial charge in [-0.3, -0.25) is 4.98 Å². The van der Waals surface area contributed by atoms with E-state index in [-0.39, 0.29) is 11.7 Å². The Morgan fingerprint density at radius 2 is 2.00 bits per heavy atom. The van der Waals surface area contributed by atoms with E-state index in [2.05, 4.69) is 14.7 Å². The number of aliphatic hydroxyl groups excluding tert-OH is 1. The minimum absolute atomic E-state index is 0.165. The van der Waals surface area contributed by atoms with Gasteiger partial charge in [-0.05, 0) is 42.7 Å². The Morgan fingerprint density at radius 1 is 1.25 bits per heavy atom. The summed E-state index contributed by atoms with van der Waals surface area (Å²) in [6, 6.07) is 8.40. The Hall–Kier alpha value is -2.91. The van der Waals surface area contributed by atoms with Crippen LogP contribution in [0.4, 0.5) is 11.4 Å². The third-order valence-corrected chi connectivity index (χ3v) is 4.20. The number of aromatic nitrogens is 1. The van der Waals surface area contributed by atoms with Crippen LogP contribution in [0.1, 0.15) is 23.2 Å². The van der Waals surface area contributed by atoms with Gasteiger partial charge in [0, 0.05) is 25.0 Å². The van der Waals surface area contributed by atoms with E-state index < -0.39 is 5.97 Å². The fraction of sp³-hybridized carbons (Fsp3) is 0.278. The highest BCUT2D eigenvalue weighted by Crippen LogP contribution is 2.34. The highest BCUT2D eigenvalue weighted by atomic mass is 16.4. The lowest BCUT2D eigenvalue weighted by Crippen LogP contribution is -2.35. The zero-order valence-corrected chi connectivity index (χ0v) is 13.0. The number of hydrogen-bond donors (Lipinski definition) is 2. The zero-order valence-electron chi connectivity index (χ0n) is 13.0. The number of carboxylic acids is 1. The lowest BCUT2D eigenvalue weighted by Gasteiger charge is -2.32. The number of pyridine rings is 1. The molecular weight excluding hydrogens is 306 g/mol. The Morgan fingerprint density at radius 3 is 2.67 bits per heavy atom. The molecule has 1 aliphatic rings. The Balaban J connectivity index is 1.94. The van der Waals surface area contributed by atoms with E-state index in [0.29, 0.717) is 29.8 Å². The van der Waals surface area contributed by atoms with Gasteiger partial charge in [0.1, 0.15) is 0 Å². The molecule has 0 saturated carbocycles. The molecular formula is C18H17N3O3. The van der Waals surface area contributed by atoms with Crippen molar-refractivity contribution in [3.05, 3.63) is 53.5 Å². The number of carbonyl (C=O) groups is 1. The second-order valence-corrected chi connectivity index (χ2v) is 5.77. The maximum Gasteiger partial charge on any atom is 0.335 e. The molecule has 1 aromatic carbocycles. The van der Waals surface area contributed by atoms with Crippen molar-refractivity contribution in [3.8, 4) is 11.3 Å². The first-order chi connectivity index (χ1) is 11.6. The molecule has 1 aliphatic heterocycles. The molecule has 0 amide bonds. The van der Waals surface area contributed by atoms with Crippen molar-refractivity contribution >= 4 is 17.3 Å². The molecule has 1 saturated heterocycles. The topological polar surface area (TPSA) is 78.0 Å². The van der Waals surface area contributed by atoms with Gasteiger partial charge in [0.15, 0.2) is 0 Å². The number of aliphatic hydroxyl groups is 1. The predicted molar refractivity (Wildman–Crippen MR) is 90.3 cm³/mol. The molecule has 6 nitrogen and oxygen atoms in total. The van der Waals surface area contributed by atoms with Gasteiger partial charge in [-0.1, -0.05) is 6.07 Å². The fourth-order valence-corrected chi connectivity index (χ4v) is 2.87. The molecule has 0 spiro atoms. The van der Waals surface area contributed by atoms with E-state index in [1.54, 1.807) is 6.07 Å². The van der Waals surface area contributed by atoms with Crippen molar-refractivity contribution < 1.29 is 15.0 Å². The van der Waals surface area contributed by atoms with Gasteiger partial charge in [-0.15, -0.1) is 0 Å². The second-order valence-electron chi connectivity index (χ2n) is 5.77. The minimum atomic E-state index is -1.01. The number of aromatic carboxylic acids is 1. The van der Waals surface area contributed by atoms with Gasteiger partial charge in [-0.2, -0.15) is 0 Å². The smallest absolute Gasteiger partial charge is 0.335 e. The number of rotatable bonds is 3. The van der Waals surface area contributed by atoms with E-state index in [9.17, 15) is 9.90 Å². The van der Waals surface area contributed by atoms with Crippen LogP contribution < -0.4 is 4.90 Å². The van der Waals surface area contributed by atoms with Crippen LogP contribution in [0.3, 0.4) is 0 Å². The maximum absolute atomic E-state index is 11.1. The lowest BCUT2D eigenvalue weighted by molar-refractivity contribution is 0.0696. The van der Waals surface area contributed by atoms with Crippen molar-refractivity contribution in [2.24, 2.45) is 0 Å². The van der Waals surface area contributed by atoms with Gasteiger partial charge in [0.25, 0.3) is 0 Å². The van der Waals surface area contributed by atoms with E-state index in [0.717, 1.165) is 18.8 Å². The van der Waals surface area contributed by atoms with Crippen LogP contribution in [0.5, 0.6) is 0 Å². The Bertz CT molecular complexity index is 805.